The maximum absolute atomic E-state index is 13.4. The van der Waals surface area contributed by atoms with Gasteiger partial charge in [0.25, 0.3) is 11.8 Å². The molecule has 11 heteroatoms. The van der Waals surface area contributed by atoms with Crippen LogP contribution in [0.25, 0.3) is 5.57 Å². The number of halogens is 1. The molecule has 2 aromatic rings. The second kappa shape index (κ2) is 11.3. The number of aromatic nitrogens is 1. The van der Waals surface area contributed by atoms with Crippen LogP contribution in [0.5, 0.6) is 0 Å². The fourth-order valence-electron chi connectivity index (χ4n) is 4.94. The fourth-order valence-corrected chi connectivity index (χ4v) is 6.21. The van der Waals surface area contributed by atoms with Crippen LogP contribution in [0.1, 0.15) is 58.0 Å². The molecular weight excluding hydrogens is 514 g/mol. The molecule has 3 amide bonds. The Labute approximate surface area is 224 Å². The first-order valence-corrected chi connectivity index (χ1v) is 13.8. The molecule has 2 N–H and O–H groups in total. The second-order valence-electron chi connectivity index (χ2n) is 9.35. The first-order chi connectivity index (χ1) is 18.0. The van der Waals surface area contributed by atoms with Crippen molar-refractivity contribution in [2.75, 3.05) is 32.8 Å². The van der Waals surface area contributed by atoms with Crippen LogP contribution in [0.3, 0.4) is 0 Å². The van der Waals surface area contributed by atoms with E-state index in [9.17, 15) is 14.4 Å². The molecule has 9 nitrogen and oxygen atoms in total. The summed E-state index contributed by atoms with van der Waals surface area (Å²) in [5.41, 5.74) is 2.87. The predicted molar refractivity (Wildman–Crippen MR) is 141 cm³/mol. The van der Waals surface area contributed by atoms with E-state index in [0.29, 0.717) is 42.6 Å². The quantitative estimate of drug-likeness (QED) is 0.556. The molecule has 0 spiro atoms. The van der Waals surface area contributed by atoms with Crippen LogP contribution >= 0.6 is 22.9 Å². The molecule has 1 unspecified atom stereocenters. The lowest BCUT2D eigenvalue weighted by Crippen LogP contribution is -2.47. The summed E-state index contributed by atoms with van der Waals surface area (Å²) in [7, 11) is 0. The number of thiazole rings is 1. The van der Waals surface area contributed by atoms with Gasteiger partial charge >= 0.3 is 0 Å². The van der Waals surface area contributed by atoms with Crippen molar-refractivity contribution in [1.82, 2.24) is 25.6 Å². The van der Waals surface area contributed by atoms with Gasteiger partial charge in [-0.1, -0.05) is 48.9 Å². The lowest BCUT2D eigenvalue weighted by molar-refractivity contribution is -0.148. The molecule has 1 aromatic heterocycles. The summed E-state index contributed by atoms with van der Waals surface area (Å²) in [6, 6.07) is 6.99. The Morgan fingerprint density at radius 1 is 1.30 bits per heavy atom. The number of amides is 3. The Kier molecular flexibility index (Phi) is 7.89. The van der Waals surface area contributed by atoms with E-state index in [1.807, 2.05) is 42.3 Å². The van der Waals surface area contributed by atoms with Gasteiger partial charge in [-0.05, 0) is 36.0 Å². The number of carbonyl (C=O) groups excluding carboxylic acids is 3. The zero-order valence-electron chi connectivity index (χ0n) is 20.7. The van der Waals surface area contributed by atoms with Gasteiger partial charge in [-0.25, -0.2) is 9.99 Å². The number of ether oxygens (including phenoxy) is 1. The Hall–Kier alpha value is -2.79. The van der Waals surface area contributed by atoms with Crippen molar-refractivity contribution < 1.29 is 19.1 Å². The number of rotatable bonds is 7. The molecular formula is C26H30ClN5O4S. The first kappa shape index (κ1) is 25.8. The Morgan fingerprint density at radius 3 is 2.92 bits per heavy atom. The normalized spacial score (nSPS) is 20.5. The van der Waals surface area contributed by atoms with E-state index >= 15 is 0 Å². The molecule has 4 heterocycles. The van der Waals surface area contributed by atoms with Crippen molar-refractivity contribution in [3.05, 3.63) is 56.5 Å². The van der Waals surface area contributed by atoms with Crippen LogP contribution in [0.15, 0.2) is 30.3 Å². The third kappa shape index (κ3) is 5.43. The summed E-state index contributed by atoms with van der Waals surface area (Å²) in [5, 5.41) is 10.5. The fraction of sp³-hybridized carbons (Fsp3) is 0.462. The maximum atomic E-state index is 13.4. The third-order valence-electron chi connectivity index (χ3n) is 7.04. The van der Waals surface area contributed by atoms with Crippen LogP contribution in [0.4, 0.5) is 0 Å². The van der Waals surface area contributed by atoms with Crippen molar-refractivity contribution >= 4 is 46.2 Å². The molecule has 3 aliphatic heterocycles. The van der Waals surface area contributed by atoms with E-state index < -0.39 is 12.0 Å². The molecule has 0 radical (unpaired) electrons. The van der Waals surface area contributed by atoms with E-state index in [1.54, 1.807) is 5.01 Å². The monoisotopic (exact) mass is 543 g/mol. The highest BCUT2D eigenvalue weighted by Gasteiger charge is 2.38. The number of benzene rings is 1. The standard InChI is InChI=1S/C26H30ClN5O4S/c1-2-16(14-28-24(34)21-22(27)30-25(37-21)17-8-12-36-13-9-17)23(33)29-20-19-7-4-3-6-18(19)15-31-10-5-11-32(31)26(20)35/h3-4,6-8,16,20H,2,5,9-15H2,1H3,(H,28,34)(H,29,33)/t16?,20-/m0/s1. The summed E-state index contributed by atoms with van der Waals surface area (Å²) < 4.78 is 5.34. The number of hydrazine groups is 1. The topological polar surface area (TPSA) is 104 Å². The van der Waals surface area contributed by atoms with Crippen molar-refractivity contribution in [2.45, 2.75) is 38.8 Å². The van der Waals surface area contributed by atoms with Crippen LogP contribution in [0, 0.1) is 5.92 Å². The highest BCUT2D eigenvalue weighted by Crippen LogP contribution is 2.32. The molecule has 37 heavy (non-hydrogen) atoms. The van der Waals surface area contributed by atoms with E-state index in [2.05, 4.69) is 15.6 Å². The van der Waals surface area contributed by atoms with Gasteiger partial charge in [-0.15, -0.1) is 11.3 Å². The molecule has 5 rings (SSSR count). The highest BCUT2D eigenvalue weighted by molar-refractivity contribution is 7.15. The van der Waals surface area contributed by atoms with Crippen LogP contribution in [-0.2, 0) is 20.9 Å². The van der Waals surface area contributed by atoms with Crippen molar-refractivity contribution in [2.24, 2.45) is 5.92 Å². The molecule has 196 valence electrons. The summed E-state index contributed by atoms with van der Waals surface area (Å²) in [6.45, 7) is 5.25. The van der Waals surface area contributed by atoms with Gasteiger partial charge in [0.1, 0.15) is 15.9 Å². The van der Waals surface area contributed by atoms with Gasteiger partial charge in [-0.3, -0.25) is 19.4 Å². The smallest absolute Gasteiger partial charge is 0.264 e. The Morgan fingerprint density at radius 2 is 2.14 bits per heavy atom. The maximum Gasteiger partial charge on any atom is 0.264 e. The van der Waals surface area contributed by atoms with Crippen molar-refractivity contribution in [1.29, 1.82) is 0 Å². The van der Waals surface area contributed by atoms with Gasteiger partial charge in [0.15, 0.2) is 5.15 Å². The van der Waals surface area contributed by atoms with Gasteiger partial charge < -0.3 is 15.4 Å². The zero-order valence-corrected chi connectivity index (χ0v) is 22.2. The minimum atomic E-state index is -0.761. The van der Waals surface area contributed by atoms with E-state index in [0.717, 1.165) is 36.1 Å². The number of hydrogen-bond acceptors (Lipinski definition) is 7. The predicted octanol–water partition coefficient (Wildman–Crippen LogP) is 3.18. The highest BCUT2D eigenvalue weighted by atomic mass is 35.5. The third-order valence-corrected chi connectivity index (χ3v) is 8.55. The minimum Gasteiger partial charge on any atom is -0.377 e. The van der Waals surface area contributed by atoms with Crippen LogP contribution in [0.2, 0.25) is 5.15 Å². The average molecular weight is 544 g/mol. The summed E-state index contributed by atoms with van der Waals surface area (Å²) in [6.07, 6.45) is 4.08. The van der Waals surface area contributed by atoms with Crippen LogP contribution < -0.4 is 10.6 Å². The van der Waals surface area contributed by atoms with Crippen LogP contribution in [-0.4, -0.2) is 65.6 Å². The van der Waals surface area contributed by atoms with E-state index in [1.165, 1.54) is 11.3 Å². The van der Waals surface area contributed by atoms with Gasteiger partial charge in [0, 0.05) is 26.2 Å². The van der Waals surface area contributed by atoms with Gasteiger partial charge in [-0.2, -0.15) is 0 Å². The largest absolute Gasteiger partial charge is 0.377 e. The molecule has 1 fully saturated rings. The molecule has 0 aliphatic carbocycles. The zero-order chi connectivity index (χ0) is 25.9. The van der Waals surface area contributed by atoms with Crippen molar-refractivity contribution in [3.8, 4) is 0 Å². The average Bonchev–Trinajstić information content (AvgIpc) is 3.52. The van der Waals surface area contributed by atoms with E-state index in [4.69, 9.17) is 16.3 Å². The molecule has 3 aliphatic rings. The Bertz CT molecular complexity index is 1230. The molecule has 0 saturated carbocycles. The SMILES string of the molecule is CCC(CNC(=O)c1sc(C2=CCOCC2)nc1Cl)C(=O)N[C@@H]1C(=O)N2CCCN2Cc2ccccc21. The number of fused-ring (bicyclic) bond motifs is 2. The molecule has 1 saturated heterocycles. The molecule has 1 aromatic carbocycles. The van der Waals surface area contributed by atoms with E-state index in [-0.39, 0.29) is 29.4 Å². The van der Waals surface area contributed by atoms with Gasteiger partial charge in [0.2, 0.25) is 5.91 Å². The summed E-state index contributed by atoms with van der Waals surface area (Å²) in [4.78, 5) is 44.3. The molecule has 2 atom stereocenters. The number of carbonyl (C=O) groups is 3. The summed E-state index contributed by atoms with van der Waals surface area (Å²) in [5.74, 6) is -1.27. The Balaban J connectivity index is 1.26. The number of nitrogens with zero attached hydrogens (tertiary/aromatic N) is 3. The van der Waals surface area contributed by atoms with Crippen molar-refractivity contribution in [3.63, 3.8) is 0 Å². The number of nitrogens with one attached hydrogen (secondary N) is 2. The molecule has 0 bridgehead atoms. The summed E-state index contributed by atoms with van der Waals surface area (Å²) >= 11 is 7.52. The minimum absolute atomic E-state index is 0.124. The second-order valence-corrected chi connectivity index (χ2v) is 10.7. The van der Waals surface area contributed by atoms with Gasteiger partial charge in [0.05, 0.1) is 19.1 Å². The first-order valence-electron chi connectivity index (χ1n) is 12.6. The number of hydrogen-bond donors (Lipinski definition) is 2. The lowest BCUT2D eigenvalue weighted by Gasteiger charge is -2.28. The lowest BCUT2D eigenvalue weighted by atomic mass is 9.98.